The van der Waals surface area contributed by atoms with E-state index in [1.54, 1.807) is 65.6 Å². The fourth-order valence-corrected chi connectivity index (χ4v) is 4.75. The molecule has 0 saturated carbocycles. The average Bonchev–Trinajstić information content (AvgIpc) is 3.09. The third-order valence-electron chi connectivity index (χ3n) is 5.52. The SMILES string of the molecule is CCOc1ccc(N2C(=O)c3oc4ccc(Br)cc4c(=O)c3C2c2ccc(Cl)c(Cl)c2)cc1. The van der Waals surface area contributed by atoms with Crippen LogP contribution < -0.4 is 15.1 Å². The van der Waals surface area contributed by atoms with Gasteiger partial charge in [-0.05, 0) is 67.1 Å². The van der Waals surface area contributed by atoms with Gasteiger partial charge in [-0.3, -0.25) is 14.5 Å². The van der Waals surface area contributed by atoms with Gasteiger partial charge in [-0.1, -0.05) is 45.2 Å². The summed E-state index contributed by atoms with van der Waals surface area (Å²) in [5.41, 5.74) is 1.57. The van der Waals surface area contributed by atoms with E-state index in [0.717, 1.165) is 4.47 Å². The molecule has 4 aromatic rings. The van der Waals surface area contributed by atoms with E-state index in [4.69, 9.17) is 32.4 Å². The van der Waals surface area contributed by atoms with E-state index in [1.165, 1.54) is 0 Å². The molecule has 0 N–H and O–H groups in total. The molecule has 166 valence electrons. The molecule has 1 atom stereocenters. The summed E-state index contributed by atoms with van der Waals surface area (Å²) in [4.78, 5) is 28.8. The van der Waals surface area contributed by atoms with Crippen molar-refractivity contribution in [2.75, 3.05) is 11.5 Å². The van der Waals surface area contributed by atoms with Crippen LogP contribution in [0.1, 0.15) is 34.6 Å². The molecule has 0 radical (unpaired) electrons. The number of rotatable bonds is 4. The van der Waals surface area contributed by atoms with Crippen molar-refractivity contribution in [3.8, 4) is 5.75 Å². The Bertz CT molecular complexity index is 1470. The quantitative estimate of drug-likeness (QED) is 0.277. The molecule has 1 aromatic heterocycles. The minimum absolute atomic E-state index is 0.0137. The second kappa shape index (κ2) is 8.52. The first-order chi connectivity index (χ1) is 15.9. The molecule has 1 aliphatic heterocycles. The standard InChI is InChI=1S/C25H16BrCl2NO4/c1-2-32-16-7-5-15(6-8-16)29-22(13-3-9-18(27)19(28)11-13)21-23(30)17-12-14(26)4-10-20(17)33-24(21)25(29)31/h3-12,22H,2H2,1H3. The molecule has 0 bridgehead atoms. The van der Waals surface area contributed by atoms with E-state index in [1.807, 2.05) is 6.92 Å². The summed E-state index contributed by atoms with van der Waals surface area (Å²) in [5.74, 6) is 0.285. The molecule has 33 heavy (non-hydrogen) atoms. The number of hydrogen-bond acceptors (Lipinski definition) is 4. The number of anilines is 1. The predicted molar refractivity (Wildman–Crippen MR) is 133 cm³/mol. The Kier molecular flexibility index (Phi) is 5.69. The van der Waals surface area contributed by atoms with E-state index in [2.05, 4.69) is 15.9 Å². The molecule has 0 spiro atoms. The van der Waals surface area contributed by atoms with Crippen LogP contribution in [0.5, 0.6) is 5.75 Å². The van der Waals surface area contributed by atoms with Gasteiger partial charge in [0, 0.05) is 10.2 Å². The number of nitrogens with zero attached hydrogens (tertiary/aromatic N) is 1. The zero-order valence-corrected chi connectivity index (χ0v) is 20.4. The molecule has 0 aliphatic carbocycles. The maximum Gasteiger partial charge on any atom is 0.295 e. The first kappa shape index (κ1) is 22.0. The number of benzene rings is 3. The largest absolute Gasteiger partial charge is 0.494 e. The van der Waals surface area contributed by atoms with Crippen LogP contribution in [0.2, 0.25) is 10.0 Å². The zero-order valence-electron chi connectivity index (χ0n) is 17.3. The van der Waals surface area contributed by atoms with Crippen molar-refractivity contribution in [1.29, 1.82) is 0 Å². The van der Waals surface area contributed by atoms with E-state index >= 15 is 0 Å². The maximum absolute atomic E-state index is 13.6. The minimum atomic E-state index is -0.736. The van der Waals surface area contributed by atoms with Crippen LogP contribution in [0.15, 0.2) is 74.3 Å². The van der Waals surface area contributed by atoms with Crippen LogP contribution in [-0.4, -0.2) is 12.5 Å². The van der Waals surface area contributed by atoms with Gasteiger partial charge in [0.05, 0.1) is 33.6 Å². The number of ether oxygens (including phenoxy) is 1. The summed E-state index contributed by atoms with van der Waals surface area (Å²) in [6.07, 6.45) is 0. The number of amides is 1. The Balaban J connectivity index is 1.76. The lowest BCUT2D eigenvalue weighted by molar-refractivity contribution is 0.0971. The van der Waals surface area contributed by atoms with Crippen molar-refractivity contribution in [2.24, 2.45) is 0 Å². The van der Waals surface area contributed by atoms with E-state index in [-0.39, 0.29) is 16.8 Å². The Morgan fingerprint density at radius 3 is 2.45 bits per heavy atom. The normalized spacial score (nSPS) is 15.2. The highest BCUT2D eigenvalue weighted by molar-refractivity contribution is 9.10. The maximum atomic E-state index is 13.6. The fourth-order valence-electron chi connectivity index (χ4n) is 4.08. The summed E-state index contributed by atoms with van der Waals surface area (Å²) in [7, 11) is 0. The Labute approximate surface area is 207 Å². The molecule has 1 amide bonds. The van der Waals surface area contributed by atoms with Crippen LogP contribution >= 0.6 is 39.1 Å². The van der Waals surface area contributed by atoms with Gasteiger partial charge in [-0.2, -0.15) is 0 Å². The lowest BCUT2D eigenvalue weighted by Gasteiger charge is -2.25. The highest BCUT2D eigenvalue weighted by Gasteiger charge is 2.43. The first-order valence-electron chi connectivity index (χ1n) is 10.2. The van der Waals surface area contributed by atoms with Gasteiger partial charge in [0.2, 0.25) is 5.76 Å². The van der Waals surface area contributed by atoms with Crippen molar-refractivity contribution >= 4 is 61.7 Å². The van der Waals surface area contributed by atoms with E-state index < -0.39 is 11.9 Å². The molecule has 1 aliphatic rings. The summed E-state index contributed by atoms with van der Waals surface area (Å²) >= 11 is 15.8. The van der Waals surface area contributed by atoms with Crippen LogP contribution in [0.3, 0.4) is 0 Å². The predicted octanol–water partition coefficient (Wildman–Crippen LogP) is 7.01. The van der Waals surface area contributed by atoms with Gasteiger partial charge >= 0.3 is 0 Å². The van der Waals surface area contributed by atoms with E-state index in [0.29, 0.717) is 44.6 Å². The third kappa shape index (κ3) is 3.72. The van der Waals surface area contributed by atoms with Crippen LogP contribution in [0.25, 0.3) is 11.0 Å². The minimum Gasteiger partial charge on any atom is -0.494 e. The summed E-state index contributed by atoms with van der Waals surface area (Å²) in [6, 6.07) is 16.6. The number of fused-ring (bicyclic) bond motifs is 2. The van der Waals surface area contributed by atoms with Gasteiger partial charge in [0.15, 0.2) is 5.43 Å². The van der Waals surface area contributed by atoms with Crippen LogP contribution in [0, 0.1) is 0 Å². The topological polar surface area (TPSA) is 59.8 Å². The number of halogens is 3. The molecular formula is C25H16BrCl2NO4. The second-order valence-electron chi connectivity index (χ2n) is 7.49. The van der Waals surface area contributed by atoms with Crippen molar-refractivity contribution in [3.63, 3.8) is 0 Å². The number of carbonyl (C=O) groups is 1. The lowest BCUT2D eigenvalue weighted by atomic mass is 9.98. The molecular weight excluding hydrogens is 529 g/mol. The van der Waals surface area contributed by atoms with E-state index in [9.17, 15) is 9.59 Å². The lowest BCUT2D eigenvalue weighted by Crippen LogP contribution is -2.29. The smallest absolute Gasteiger partial charge is 0.295 e. The molecule has 3 aromatic carbocycles. The first-order valence-corrected chi connectivity index (χ1v) is 11.7. The van der Waals surface area contributed by atoms with Gasteiger partial charge < -0.3 is 9.15 Å². The van der Waals surface area contributed by atoms with Gasteiger partial charge in [0.25, 0.3) is 5.91 Å². The van der Waals surface area contributed by atoms with Crippen LogP contribution in [-0.2, 0) is 0 Å². The average molecular weight is 545 g/mol. The second-order valence-corrected chi connectivity index (χ2v) is 9.22. The highest BCUT2D eigenvalue weighted by atomic mass is 79.9. The van der Waals surface area contributed by atoms with Gasteiger partial charge in [0.1, 0.15) is 11.3 Å². The summed E-state index contributed by atoms with van der Waals surface area (Å²) in [6.45, 7) is 2.43. The van der Waals surface area contributed by atoms with Gasteiger partial charge in [-0.15, -0.1) is 0 Å². The fraction of sp³-hybridized carbons (Fsp3) is 0.120. The van der Waals surface area contributed by atoms with Crippen molar-refractivity contribution in [1.82, 2.24) is 0 Å². The van der Waals surface area contributed by atoms with Gasteiger partial charge in [-0.25, -0.2) is 0 Å². The highest BCUT2D eigenvalue weighted by Crippen LogP contribution is 2.42. The Morgan fingerprint density at radius 2 is 1.76 bits per heavy atom. The monoisotopic (exact) mass is 543 g/mol. The molecule has 0 fully saturated rings. The summed E-state index contributed by atoms with van der Waals surface area (Å²) in [5, 5.41) is 1.09. The molecule has 1 unspecified atom stereocenters. The number of hydrogen-bond donors (Lipinski definition) is 0. The molecule has 5 nitrogen and oxygen atoms in total. The molecule has 2 heterocycles. The van der Waals surface area contributed by atoms with Crippen molar-refractivity contribution in [3.05, 3.63) is 102 Å². The van der Waals surface area contributed by atoms with Crippen LogP contribution in [0.4, 0.5) is 5.69 Å². The summed E-state index contributed by atoms with van der Waals surface area (Å²) < 4.78 is 12.2. The number of carbonyl (C=O) groups excluding carboxylic acids is 1. The zero-order chi connectivity index (χ0) is 23.3. The molecule has 0 saturated heterocycles. The third-order valence-corrected chi connectivity index (χ3v) is 6.75. The van der Waals surface area contributed by atoms with Crippen molar-refractivity contribution in [2.45, 2.75) is 13.0 Å². The molecule has 5 rings (SSSR count). The van der Waals surface area contributed by atoms with Crippen molar-refractivity contribution < 1.29 is 13.9 Å². The Hall–Kier alpha value is -2.80. The molecule has 8 heteroatoms. The Morgan fingerprint density at radius 1 is 1.00 bits per heavy atom.